The van der Waals surface area contributed by atoms with Gasteiger partial charge < -0.3 is 5.32 Å². The van der Waals surface area contributed by atoms with Crippen molar-refractivity contribution in [2.75, 3.05) is 0 Å². The summed E-state index contributed by atoms with van der Waals surface area (Å²) in [6.07, 6.45) is 4.10. The Morgan fingerprint density at radius 3 is 2.76 bits per heavy atom. The number of hydrogen-bond donors (Lipinski definition) is 1. The number of aromatic nitrogens is 1. The fourth-order valence-electron chi connectivity index (χ4n) is 2.35. The molecular weight excluding hydrogens is 252 g/mol. The van der Waals surface area contributed by atoms with Crippen LogP contribution in [0.4, 0.5) is 0 Å². The Morgan fingerprint density at radius 2 is 2.24 bits per heavy atom. The van der Waals surface area contributed by atoms with Gasteiger partial charge in [0.1, 0.15) is 0 Å². The normalized spacial score (nSPS) is 24.0. The van der Waals surface area contributed by atoms with Crippen LogP contribution >= 0.6 is 23.7 Å². The maximum atomic E-state index is 4.65. The Morgan fingerprint density at radius 1 is 1.47 bits per heavy atom. The summed E-state index contributed by atoms with van der Waals surface area (Å²) >= 11 is 1.79. The molecule has 1 saturated carbocycles. The van der Waals surface area contributed by atoms with Crippen LogP contribution in [0.15, 0.2) is 5.38 Å². The Balaban J connectivity index is 0.00000144. The minimum absolute atomic E-state index is 0. The van der Waals surface area contributed by atoms with Crippen LogP contribution in [0.2, 0.25) is 0 Å². The molecule has 1 aliphatic carbocycles. The smallest absolute Gasteiger partial charge is 0.0954 e. The molecule has 0 amide bonds. The van der Waals surface area contributed by atoms with Crippen LogP contribution < -0.4 is 5.32 Å². The van der Waals surface area contributed by atoms with Gasteiger partial charge >= 0.3 is 0 Å². The van der Waals surface area contributed by atoms with Crippen LogP contribution in [0.25, 0.3) is 0 Å². The molecule has 17 heavy (non-hydrogen) atoms. The molecule has 4 heteroatoms. The van der Waals surface area contributed by atoms with Gasteiger partial charge in [-0.2, -0.15) is 0 Å². The van der Waals surface area contributed by atoms with E-state index in [0.29, 0.717) is 12.0 Å². The van der Waals surface area contributed by atoms with E-state index >= 15 is 0 Å². The van der Waals surface area contributed by atoms with E-state index < -0.39 is 0 Å². The third-order valence-corrected chi connectivity index (χ3v) is 4.66. The molecule has 1 heterocycles. The van der Waals surface area contributed by atoms with Crippen molar-refractivity contribution in [3.63, 3.8) is 0 Å². The summed E-state index contributed by atoms with van der Waals surface area (Å²) in [5, 5.41) is 7.10. The summed E-state index contributed by atoms with van der Waals surface area (Å²) < 4.78 is 0. The summed E-state index contributed by atoms with van der Waals surface area (Å²) in [6.45, 7) is 7.70. The molecule has 1 aromatic rings. The Hall–Kier alpha value is -0.120. The molecule has 1 aliphatic rings. The first-order valence-corrected chi connectivity index (χ1v) is 7.22. The molecule has 0 bridgehead atoms. The van der Waals surface area contributed by atoms with Gasteiger partial charge in [0.15, 0.2) is 0 Å². The van der Waals surface area contributed by atoms with Crippen molar-refractivity contribution in [1.82, 2.24) is 10.3 Å². The molecule has 1 fully saturated rings. The molecule has 0 saturated heterocycles. The highest BCUT2D eigenvalue weighted by Crippen LogP contribution is 2.25. The maximum Gasteiger partial charge on any atom is 0.0954 e. The van der Waals surface area contributed by atoms with E-state index in [4.69, 9.17) is 0 Å². The van der Waals surface area contributed by atoms with Crippen molar-refractivity contribution in [2.45, 2.75) is 58.5 Å². The lowest BCUT2D eigenvalue weighted by atomic mass is 10.1. The van der Waals surface area contributed by atoms with Gasteiger partial charge in [0, 0.05) is 23.9 Å². The summed E-state index contributed by atoms with van der Waals surface area (Å²) in [6, 6.07) is 0.712. The molecule has 1 N–H and O–H groups in total. The third-order valence-electron chi connectivity index (χ3n) is 3.47. The zero-order valence-electron chi connectivity index (χ0n) is 10.9. The zero-order valence-corrected chi connectivity index (χ0v) is 12.5. The highest BCUT2D eigenvalue weighted by Gasteiger charge is 2.22. The van der Waals surface area contributed by atoms with Gasteiger partial charge in [0.05, 0.1) is 10.7 Å². The minimum Gasteiger partial charge on any atom is -0.308 e. The summed E-state index contributed by atoms with van der Waals surface area (Å²) in [4.78, 5) is 4.65. The standard InChI is InChI=1S/C13H22N2S.ClH/c1-9(2)13-15-11(8-16-13)7-14-12-6-4-5-10(12)3;/h8-10,12,14H,4-7H2,1-3H3;1H. The first-order chi connectivity index (χ1) is 7.66. The van der Waals surface area contributed by atoms with Crippen LogP contribution in [-0.2, 0) is 6.54 Å². The Labute approximate surface area is 115 Å². The van der Waals surface area contributed by atoms with E-state index in [2.05, 4.69) is 36.5 Å². The lowest BCUT2D eigenvalue weighted by Gasteiger charge is -2.16. The summed E-state index contributed by atoms with van der Waals surface area (Å²) in [5.74, 6) is 1.40. The van der Waals surface area contributed by atoms with Gasteiger partial charge in [-0.25, -0.2) is 4.98 Å². The first-order valence-electron chi connectivity index (χ1n) is 6.34. The molecule has 0 spiro atoms. The predicted octanol–water partition coefficient (Wildman–Crippen LogP) is 3.97. The number of nitrogens with zero attached hydrogens (tertiary/aromatic N) is 1. The average molecular weight is 275 g/mol. The number of hydrogen-bond acceptors (Lipinski definition) is 3. The van der Waals surface area contributed by atoms with Crippen molar-refractivity contribution in [3.8, 4) is 0 Å². The Kier molecular flexibility index (Phi) is 5.90. The molecular formula is C13H23ClN2S. The van der Waals surface area contributed by atoms with Crippen LogP contribution in [-0.4, -0.2) is 11.0 Å². The molecule has 0 radical (unpaired) electrons. The molecule has 2 nitrogen and oxygen atoms in total. The summed E-state index contributed by atoms with van der Waals surface area (Å²) in [7, 11) is 0. The van der Waals surface area contributed by atoms with E-state index in [1.54, 1.807) is 11.3 Å². The third kappa shape index (κ3) is 3.94. The summed E-state index contributed by atoms with van der Waals surface area (Å²) in [5.41, 5.74) is 1.22. The number of halogens is 1. The van der Waals surface area contributed by atoms with Gasteiger partial charge in [-0.05, 0) is 18.8 Å². The highest BCUT2D eigenvalue weighted by atomic mass is 35.5. The van der Waals surface area contributed by atoms with Gasteiger partial charge in [0.2, 0.25) is 0 Å². The fraction of sp³-hybridized carbons (Fsp3) is 0.769. The fourth-order valence-corrected chi connectivity index (χ4v) is 3.19. The van der Waals surface area contributed by atoms with E-state index in [-0.39, 0.29) is 12.4 Å². The van der Waals surface area contributed by atoms with Crippen LogP contribution in [0.3, 0.4) is 0 Å². The Bertz CT molecular complexity index is 338. The van der Waals surface area contributed by atoms with Gasteiger partial charge in [-0.3, -0.25) is 0 Å². The molecule has 2 unspecified atom stereocenters. The van der Waals surface area contributed by atoms with E-state index in [1.807, 2.05) is 0 Å². The average Bonchev–Trinajstić information content (AvgIpc) is 2.83. The molecule has 0 aromatic carbocycles. The van der Waals surface area contributed by atoms with Crippen molar-refractivity contribution >= 4 is 23.7 Å². The van der Waals surface area contributed by atoms with E-state index in [9.17, 15) is 0 Å². The molecule has 2 rings (SSSR count). The lowest BCUT2D eigenvalue weighted by Crippen LogP contribution is -2.30. The first kappa shape index (κ1) is 14.9. The second-order valence-electron chi connectivity index (χ2n) is 5.23. The second-order valence-corrected chi connectivity index (χ2v) is 6.12. The van der Waals surface area contributed by atoms with Crippen molar-refractivity contribution in [2.24, 2.45) is 5.92 Å². The second kappa shape index (κ2) is 6.72. The van der Waals surface area contributed by atoms with Crippen molar-refractivity contribution in [1.29, 1.82) is 0 Å². The van der Waals surface area contributed by atoms with E-state index in [0.717, 1.165) is 12.5 Å². The largest absolute Gasteiger partial charge is 0.308 e. The van der Waals surface area contributed by atoms with Crippen LogP contribution in [0.1, 0.15) is 56.7 Å². The van der Waals surface area contributed by atoms with Crippen molar-refractivity contribution in [3.05, 3.63) is 16.1 Å². The molecule has 2 atom stereocenters. The van der Waals surface area contributed by atoms with Crippen LogP contribution in [0, 0.1) is 5.92 Å². The molecule has 98 valence electrons. The van der Waals surface area contributed by atoms with Crippen LogP contribution in [0.5, 0.6) is 0 Å². The topological polar surface area (TPSA) is 24.9 Å². The molecule has 1 aromatic heterocycles. The monoisotopic (exact) mass is 274 g/mol. The maximum absolute atomic E-state index is 4.65. The van der Waals surface area contributed by atoms with Gasteiger partial charge in [-0.1, -0.05) is 27.2 Å². The van der Waals surface area contributed by atoms with E-state index in [1.165, 1.54) is 30.0 Å². The number of rotatable bonds is 4. The molecule has 0 aliphatic heterocycles. The van der Waals surface area contributed by atoms with Gasteiger partial charge in [0.25, 0.3) is 0 Å². The SMILES string of the molecule is CC(C)c1nc(CNC2CCCC2C)cs1.Cl. The highest BCUT2D eigenvalue weighted by molar-refractivity contribution is 7.09. The number of nitrogens with one attached hydrogen (secondary N) is 1. The minimum atomic E-state index is 0. The van der Waals surface area contributed by atoms with Gasteiger partial charge in [-0.15, -0.1) is 23.7 Å². The predicted molar refractivity (Wildman–Crippen MR) is 77.1 cm³/mol. The quantitative estimate of drug-likeness (QED) is 0.899. The number of thiazole rings is 1. The van der Waals surface area contributed by atoms with Crippen molar-refractivity contribution < 1.29 is 0 Å². The lowest BCUT2D eigenvalue weighted by molar-refractivity contribution is 0.424. The zero-order chi connectivity index (χ0) is 11.5.